The van der Waals surface area contributed by atoms with E-state index in [-0.39, 0.29) is 23.6 Å². The highest BCUT2D eigenvalue weighted by Gasteiger charge is 2.10. The summed E-state index contributed by atoms with van der Waals surface area (Å²) < 4.78 is 0. The van der Waals surface area contributed by atoms with Gasteiger partial charge in [0.2, 0.25) is 17.7 Å². The van der Waals surface area contributed by atoms with Gasteiger partial charge in [-0.3, -0.25) is 19.7 Å². The molecular weight excluding hydrogens is 208 g/mol. The van der Waals surface area contributed by atoms with Crippen molar-refractivity contribution in [2.24, 2.45) is 11.7 Å². The maximum atomic E-state index is 11.2. The van der Waals surface area contributed by atoms with E-state index in [1.54, 1.807) is 13.8 Å². The lowest BCUT2D eigenvalue weighted by atomic mass is 10.1. The van der Waals surface area contributed by atoms with Gasteiger partial charge in [-0.25, -0.2) is 0 Å². The van der Waals surface area contributed by atoms with Crippen LogP contribution in [-0.4, -0.2) is 17.7 Å². The molecule has 0 aromatic heterocycles. The fourth-order valence-electron chi connectivity index (χ4n) is 1.11. The molecule has 0 saturated carbocycles. The molecule has 3 N–H and O–H groups in total. The van der Waals surface area contributed by atoms with Gasteiger partial charge in [-0.2, -0.15) is 0 Å². The van der Waals surface area contributed by atoms with Crippen LogP contribution < -0.4 is 11.1 Å². The van der Waals surface area contributed by atoms with Gasteiger partial charge < -0.3 is 5.73 Å². The fourth-order valence-corrected chi connectivity index (χ4v) is 1.11. The molecule has 0 bridgehead atoms. The van der Waals surface area contributed by atoms with Crippen molar-refractivity contribution in [1.29, 1.82) is 0 Å². The van der Waals surface area contributed by atoms with Gasteiger partial charge in [0.25, 0.3) is 0 Å². The highest BCUT2D eigenvalue weighted by atomic mass is 16.2. The first-order chi connectivity index (χ1) is 7.43. The third-order valence-electron chi connectivity index (χ3n) is 2.11. The zero-order chi connectivity index (χ0) is 12.6. The molecule has 5 nitrogen and oxygen atoms in total. The van der Waals surface area contributed by atoms with Crippen molar-refractivity contribution in [2.75, 3.05) is 0 Å². The second-order valence-electron chi connectivity index (χ2n) is 4.09. The summed E-state index contributed by atoms with van der Waals surface area (Å²) in [7, 11) is 0. The lowest BCUT2D eigenvalue weighted by Gasteiger charge is -2.05. The molecule has 0 heterocycles. The molecule has 0 saturated heterocycles. The van der Waals surface area contributed by atoms with Crippen LogP contribution in [-0.2, 0) is 14.4 Å². The van der Waals surface area contributed by atoms with Crippen molar-refractivity contribution >= 4 is 17.7 Å². The molecule has 16 heavy (non-hydrogen) atoms. The smallest absolute Gasteiger partial charge is 0.229 e. The number of unbranched alkanes of at least 4 members (excludes halogenated alkanes) is 2. The Morgan fingerprint density at radius 1 is 1.06 bits per heavy atom. The maximum absolute atomic E-state index is 11.2. The van der Waals surface area contributed by atoms with E-state index in [2.05, 4.69) is 5.32 Å². The molecule has 0 aliphatic heterocycles. The van der Waals surface area contributed by atoms with Crippen LogP contribution in [0.15, 0.2) is 0 Å². The molecule has 0 unspecified atom stereocenters. The second-order valence-corrected chi connectivity index (χ2v) is 4.09. The molecule has 92 valence electrons. The normalized spacial score (nSPS) is 10.2. The number of imide groups is 1. The van der Waals surface area contributed by atoms with Crippen LogP contribution in [0.4, 0.5) is 0 Å². The third kappa shape index (κ3) is 7.96. The van der Waals surface area contributed by atoms with Crippen molar-refractivity contribution in [3.05, 3.63) is 0 Å². The molecule has 0 fully saturated rings. The van der Waals surface area contributed by atoms with Crippen molar-refractivity contribution in [3.63, 3.8) is 0 Å². The molecule has 0 aliphatic carbocycles. The van der Waals surface area contributed by atoms with E-state index < -0.39 is 0 Å². The predicted octanol–water partition coefficient (Wildman–Crippen LogP) is 0.721. The van der Waals surface area contributed by atoms with E-state index in [0.717, 1.165) is 6.42 Å². The van der Waals surface area contributed by atoms with Crippen molar-refractivity contribution < 1.29 is 14.4 Å². The van der Waals surface area contributed by atoms with Crippen molar-refractivity contribution in [3.8, 4) is 0 Å². The molecular formula is C11H20N2O3. The minimum atomic E-state index is -0.320. The molecule has 0 aliphatic rings. The van der Waals surface area contributed by atoms with Crippen LogP contribution in [0.3, 0.4) is 0 Å². The van der Waals surface area contributed by atoms with Gasteiger partial charge in [0.15, 0.2) is 0 Å². The lowest BCUT2D eigenvalue weighted by Crippen LogP contribution is -2.33. The van der Waals surface area contributed by atoms with Crippen LogP contribution in [0.1, 0.15) is 46.0 Å². The maximum Gasteiger partial charge on any atom is 0.229 e. The molecule has 0 aromatic rings. The van der Waals surface area contributed by atoms with Gasteiger partial charge in [-0.05, 0) is 12.8 Å². The van der Waals surface area contributed by atoms with E-state index in [4.69, 9.17) is 5.73 Å². The molecule has 3 amide bonds. The Kier molecular flexibility index (Phi) is 7.16. The average molecular weight is 228 g/mol. The number of carbonyl (C=O) groups excluding carboxylic acids is 3. The highest BCUT2D eigenvalue weighted by Crippen LogP contribution is 2.02. The van der Waals surface area contributed by atoms with Gasteiger partial charge in [0, 0.05) is 18.8 Å². The van der Waals surface area contributed by atoms with E-state index in [9.17, 15) is 14.4 Å². The summed E-state index contributed by atoms with van der Waals surface area (Å²) in [5, 5.41) is 2.31. The summed E-state index contributed by atoms with van der Waals surface area (Å²) in [6, 6.07) is 0. The number of rotatable bonds is 7. The zero-order valence-electron chi connectivity index (χ0n) is 9.91. The minimum absolute atomic E-state index is 0.182. The zero-order valence-corrected chi connectivity index (χ0v) is 9.91. The van der Waals surface area contributed by atoms with Gasteiger partial charge >= 0.3 is 0 Å². The number of hydrogen-bond acceptors (Lipinski definition) is 3. The number of nitrogens with two attached hydrogens (primary N) is 1. The number of nitrogens with one attached hydrogen (secondary N) is 1. The first kappa shape index (κ1) is 14.6. The van der Waals surface area contributed by atoms with E-state index in [1.807, 2.05) is 0 Å². The van der Waals surface area contributed by atoms with Crippen LogP contribution in [0, 0.1) is 5.92 Å². The first-order valence-electron chi connectivity index (χ1n) is 5.55. The summed E-state index contributed by atoms with van der Waals surface area (Å²) in [5.41, 5.74) is 4.97. The Hall–Kier alpha value is -1.39. The average Bonchev–Trinajstić information content (AvgIpc) is 2.16. The summed E-state index contributed by atoms with van der Waals surface area (Å²) >= 11 is 0. The molecule has 0 aromatic carbocycles. The summed E-state index contributed by atoms with van der Waals surface area (Å²) in [5.74, 6) is -1.00. The molecule has 5 heteroatoms. The Morgan fingerprint density at radius 2 is 1.62 bits per heavy atom. The van der Waals surface area contributed by atoms with Crippen molar-refractivity contribution in [2.45, 2.75) is 46.0 Å². The molecule has 0 spiro atoms. The number of amides is 3. The monoisotopic (exact) mass is 228 g/mol. The highest BCUT2D eigenvalue weighted by molar-refractivity contribution is 5.95. The van der Waals surface area contributed by atoms with Crippen molar-refractivity contribution in [1.82, 2.24) is 5.32 Å². The third-order valence-corrected chi connectivity index (χ3v) is 2.11. The Morgan fingerprint density at radius 3 is 2.12 bits per heavy atom. The SMILES string of the molecule is CC(C)C(=O)NC(=O)CCCCCC(N)=O. The van der Waals surface area contributed by atoms with E-state index in [1.165, 1.54) is 0 Å². The van der Waals surface area contributed by atoms with E-state index >= 15 is 0 Å². The van der Waals surface area contributed by atoms with Gasteiger partial charge in [-0.15, -0.1) is 0 Å². The largest absolute Gasteiger partial charge is 0.370 e. The summed E-state index contributed by atoms with van der Waals surface area (Å²) in [6.07, 6.45) is 2.81. The number of primary amides is 1. The molecule has 0 radical (unpaired) electrons. The predicted molar refractivity (Wildman–Crippen MR) is 60.3 cm³/mol. The Balaban J connectivity index is 3.51. The minimum Gasteiger partial charge on any atom is -0.370 e. The quantitative estimate of drug-likeness (QED) is 0.629. The van der Waals surface area contributed by atoms with Crippen LogP contribution in [0.2, 0.25) is 0 Å². The topological polar surface area (TPSA) is 89.3 Å². The fraction of sp³-hybridized carbons (Fsp3) is 0.727. The summed E-state index contributed by atoms with van der Waals surface area (Å²) in [4.78, 5) is 32.8. The molecule has 0 rings (SSSR count). The van der Waals surface area contributed by atoms with Crippen LogP contribution >= 0.6 is 0 Å². The lowest BCUT2D eigenvalue weighted by molar-refractivity contribution is -0.132. The summed E-state index contributed by atoms with van der Waals surface area (Å²) in [6.45, 7) is 3.46. The Bertz CT molecular complexity index is 262. The second kappa shape index (κ2) is 7.84. The first-order valence-corrected chi connectivity index (χ1v) is 5.55. The van der Waals surface area contributed by atoms with Crippen LogP contribution in [0.25, 0.3) is 0 Å². The number of carbonyl (C=O) groups is 3. The van der Waals surface area contributed by atoms with Gasteiger partial charge in [-0.1, -0.05) is 20.3 Å². The standard InChI is InChI=1S/C11H20N2O3/c1-8(2)11(16)13-10(15)7-5-3-4-6-9(12)14/h8H,3-7H2,1-2H3,(H2,12,14)(H,13,15,16). The number of hydrogen-bond donors (Lipinski definition) is 2. The van der Waals surface area contributed by atoms with E-state index in [0.29, 0.717) is 25.7 Å². The van der Waals surface area contributed by atoms with Gasteiger partial charge in [0.1, 0.15) is 0 Å². The Labute approximate surface area is 95.8 Å². The van der Waals surface area contributed by atoms with Gasteiger partial charge in [0.05, 0.1) is 0 Å². The molecule has 0 atom stereocenters. The van der Waals surface area contributed by atoms with Crippen LogP contribution in [0.5, 0.6) is 0 Å².